The predicted octanol–water partition coefficient (Wildman–Crippen LogP) is 6.36. The van der Waals surface area contributed by atoms with Gasteiger partial charge in [0, 0.05) is 18.8 Å². The molecule has 5 rings (SSSR count). The van der Waals surface area contributed by atoms with Crippen LogP contribution in [-0.2, 0) is 21.7 Å². The topological polar surface area (TPSA) is 159 Å². The highest BCUT2D eigenvalue weighted by molar-refractivity contribution is 6.07. The van der Waals surface area contributed by atoms with Crippen LogP contribution in [0.4, 0.5) is 21.0 Å². The van der Waals surface area contributed by atoms with E-state index in [2.05, 4.69) is 16.0 Å². The summed E-state index contributed by atoms with van der Waals surface area (Å²) in [6.45, 7) is 7.46. The van der Waals surface area contributed by atoms with Crippen molar-refractivity contribution < 1.29 is 38.5 Å². The number of benzene rings is 3. The molecule has 2 aliphatic rings. The van der Waals surface area contributed by atoms with Crippen LogP contribution in [0.5, 0.6) is 17.2 Å². The van der Waals surface area contributed by atoms with Crippen LogP contribution in [0.3, 0.4) is 0 Å². The van der Waals surface area contributed by atoms with Gasteiger partial charge in [0.2, 0.25) is 0 Å². The Morgan fingerprint density at radius 3 is 2.23 bits per heavy atom. The summed E-state index contributed by atoms with van der Waals surface area (Å²) in [5.74, 6) is 0.402. The number of aliphatic carboxylic acids is 1. The molecule has 0 radical (unpaired) electrons. The smallest absolute Gasteiger partial charge is 0.328 e. The van der Waals surface area contributed by atoms with Crippen LogP contribution in [-0.4, -0.2) is 78.3 Å². The first-order valence-electron chi connectivity index (χ1n) is 17.4. The van der Waals surface area contributed by atoms with E-state index < -0.39 is 35.2 Å². The van der Waals surface area contributed by atoms with E-state index in [1.807, 2.05) is 31.2 Å². The molecule has 5 amide bonds. The third kappa shape index (κ3) is 8.25. The fourth-order valence-electron chi connectivity index (χ4n) is 6.67. The molecule has 52 heavy (non-hydrogen) atoms. The number of hydrogen-bond donors (Lipinski definition) is 4. The number of methoxy groups -OCH3 is 3. The number of carboxylic acid groups (broad SMARTS) is 1. The number of imide groups is 1. The van der Waals surface area contributed by atoms with Gasteiger partial charge in [-0.25, -0.2) is 9.59 Å². The fourth-order valence-corrected chi connectivity index (χ4v) is 6.67. The number of hydrogen-bond acceptors (Lipinski definition) is 8. The molecule has 13 heteroatoms. The molecule has 1 aliphatic heterocycles. The first-order chi connectivity index (χ1) is 24.7. The van der Waals surface area contributed by atoms with Gasteiger partial charge in [-0.05, 0) is 87.1 Å². The van der Waals surface area contributed by atoms with Gasteiger partial charge in [-0.3, -0.25) is 14.5 Å². The predicted molar refractivity (Wildman–Crippen MR) is 197 cm³/mol. The van der Waals surface area contributed by atoms with Crippen molar-refractivity contribution in [2.24, 2.45) is 5.92 Å². The zero-order valence-electron chi connectivity index (χ0n) is 30.9. The van der Waals surface area contributed by atoms with E-state index in [1.165, 1.54) is 26.2 Å². The molecule has 1 aliphatic carbocycles. The number of para-hydroxylation sites is 1. The van der Waals surface area contributed by atoms with Gasteiger partial charge in [0.25, 0.3) is 5.91 Å². The van der Waals surface area contributed by atoms with Crippen molar-refractivity contribution in [3.63, 3.8) is 0 Å². The van der Waals surface area contributed by atoms with E-state index in [-0.39, 0.29) is 25.4 Å². The van der Waals surface area contributed by atoms with Crippen LogP contribution in [0.15, 0.2) is 60.7 Å². The van der Waals surface area contributed by atoms with E-state index in [0.717, 1.165) is 18.4 Å². The average molecular weight is 716 g/mol. The minimum Gasteiger partial charge on any atom is -0.495 e. The van der Waals surface area contributed by atoms with Crippen molar-refractivity contribution in [1.82, 2.24) is 15.1 Å². The summed E-state index contributed by atoms with van der Waals surface area (Å²) >= 11 is 0. The van der Waals surface area contributed by atoms with Crippen molar-refractivity contribution in [2.45, 2.75) is 77.0 Å². The number of nitrogens with zero attached hydrogens (tertiary/aromatic N) is 2. The molecular weight excluding hydrogens is 666 g/mol. The number of carbonyl (C=O) groups excluding carboxylic acids is 3. The summed E-state index contributed by atoms with van der Waals surface area (Å²) in [6.07, 6.45) is 2.36. The van der Waals surface area contributed by atoms with Crippen molar-refractivity contribution in [3.8, 4) is 17.2 Å². The lowest BCUT2D eigenvalue weighted by molar-refractivity contribution is -0.139. The number of carboxylic acids is 1. The summed E-state index contributed by atoms with van der Waals surface area (Å²) in [4.78, 5) is 56.2. The summed E-state index contributed by atoms with van der Waals surface area (Å²) in [6, 6.07) is 16.6. The summed E-state index contributed by atoms with van der Waals surface area (Å²) < 4.78 is 16.5. The van der Waals surface area contributed by atoms with Crippen molar-refractivity contribution in [1.29, 1.82) is 0 Å². The molecule has 0 spiro atoms. The second-order valence-electron chi connectivity index (χ2n) is 14.2. The maximum Gasteiger partial charge on any atom is 0.328 e. The zero-order chi connectivity index (χ0) is 37.8. The van der Waals surface area contributed by atoms with Gasteiger partial charge in [0.15, 0.2) is 11.5 Å². The molecule has 2 atom stereocenters. The number of rotatable bonds is 16. The molecule has 3 aromatic rings. The fraction of sp³-hybridized carbons (Fsp3) is 0.436. The number of ether oxygens (including phenoxy) is 3. The van der Waals surface area contributed by atoms with E-state index in [9.17, 15) is 24.3 Å². The van der Waals surface area contributed by atoms with Crippen LogP contribution < -0.4 is 30.2 Å². The Kier molecular flexibility index (Phi) is 11.3. The Labute approximate surface area is 304 Å². The minimum absolute atomic E-state index is 0.117. The first-order valence-corrected chi connectivity index (χ1v) is 17.4. The highest BCUT2D eigenvalue weighted by Gasteiger charge is 2.54. The molecule has 4 N–H and O–H groups in total. The molecule has 1 saturated carbocycles. The second kappa shape index (κ2) is 15.5. The van der Waals surface area contributed by atoms with E-state index >= 15 is 0 Å². The molecule has 0 aromatic heterocycles. The Morgan fingerprint density at radius 1 is 0.923 bits per heavy atom. The average Bonchev–Trinajstić information content (AvgIpc) is 3.91. The Morgan fingerprint density at radius 2 is 1.60 bits per heavy atom. The number of carbonyl (C=O) groups is 4. The standard InChI is InChI=1S/C39H49N5O8/c1-24-10-8-9-11-29(24)41-36(48)42-30-16-14-26(19-32(30)51-6)23-43-37(49)44(35(47)38(43,2)3)28(18-25-12-13-25)22-40-39(4,21-34(45)46)27-15-17-31(50-5)33(20-27)52-7/h8-11,14-17,19-20,25,28,40H,12-13,18,21-23H2,1-7H3,(H,45,46)(H2,41,42,48)/t28-,39+/m0/s1. The highest BCUT2D eigenvalue weighted by Crippen LogP contribution is 2.40. The van der Waals surface area contributed by atoms with Gasteiger partial charge in [0.05, 0.1) is 45.0 Å². The molecule has 3 aromatic carbocycles. The zero-order valence-corrected chi connectivity index (χ0v) is 30.9. The van der Waals surface area contributed by atoms with Crippen LogP contribution in [0.25, 0.3) is 0 Å². The maximum atomic E-state index is 14.3. The molecule has 0 bridgehead atoms. The van der Waals surface area contributed by atoms with Crippen molar-refractivity contribution in [2.75, 3.05) is 38.5 Å². The van der Waals surface area contributed by atoms with Gasteiger partial charge < -0.3 is 40.2 Å². The molecule has 1 heterocycles. The molecule has 1 saturated heterocycles. The van der Waals surface area contributed by atoms with Crippen molar-refractivity contribution in [3.05, 3.63) is 77.4 Å². The lowest BCUT2D eigenvalue weighted by Crippen LogP contribution is -2.52. The van der Waals surface area contributed by atoms with Gasteiger partial charge >= 0.3 is 18.0 Å². The van der Waals surface area contributed by atoms with Crippen LogP contribution in [0.2, 0.25) is 0 Å². The number of amides is 5. The third-order valence-corrected chi connectivity index (χ3v) is 10.0. The quantitative estimate of drug-likeness (QED) is 0.124. The number of anilines is 2. The van der Waals surface area contributed by atoms with Gasteiger partial charge in [-0.2, -0.15) is 0 Å². The Bertz CT molecular complexity index is 1830. The number of aryl methyl sites for hydroxylation is 1. The second-order valence-corrected chi connectivity index (χ2v) is 14.2. The normalized spacial score (nSPS) is 17.0. The molecule has 2 fully saturated rings. The first kappa shape index (κ1) is 37.9. The van der Waals surface area contributed by atoms with Gasteiger partial charge in [-0.15, -0.1) is 0 Å². The molecule has 0 unspecified atom stereocenters. The molecular formula is C39H49N5O8. The van der Waals surface area contributed by atoms with Gasteiger partial charge in [0.1, 0.15) is 11.3 Å². The summed E-state index contributed by atoms with van der Waals surface area (Å²) in [7, 11) is 4.54. The monoisotopic (exact) mass is 715 g/mol. The number of urea groups is 2. The van der Waals surface area contributed by atoms with Crippen LogP contribution in [0, 0.1) is 12.8 Å². The minimum atomic E-state index is -1.16. The van der Waals surface area contributed by atoms with Crippen molar-refractivity contribution >= 4 is 35.3 Å². The third-order valence-electron chi connectivity index (χ3n) is 10.0. The molecule has 13 nitrogen and oxygen atoms in total. The molecule has 278 valence electrons. The Balaban J connectivity index is 1.35. The largest absolute Gasteiger partial charge is 0.495 e. The van der Waals surface area contributed by atoms with E-state index in [4.69, 9.17) is 14.2 Å². The summed E-state index contributed by atoms with van der Waals surface area (Å²) in [5, 5.41) is 19.0. The SMILES string of the molecule is COc1cc(CN2C(=O)N([C@H](CN[C@](C)(CC(=O)O)c3ccc(OC)c(OC)c3)CC3CC3)C(=O)C2(C)C)ccc1NC(=O)Nc1ccccc1C. The lowest BCUT2D eigenvalue weighted by atomic mass is 9.87. The van der Waals surface area contributed by atoms with E-state index in [1.54, 1.807) is 62.1 Å². The Hall–Kier alpha value is -5.30. The highest BCUT2D eigenvalue weighted by atomic mass is 16.5. The lowest BCUT2D eigenvalue weighted by Gasteiger charge is -2.35. The van der Waals surface area contributed by atoms with Crippen LogP contribution >= 0.6 is 0 Å². The number of nitrogens with one attached hydrogen (secondary N) is 3. The summed E-state index contributed by atoms with van der Waals surface area (Å²) in [5.41, 5.74) is 1.19. The maximum absolute atomic E-state index is 14.3. The van der Waals surface area contributed by atoms with Crippen LogP contribution in [0.1, 0.15) is 63.1 Å². The van der Waals surface area contributed by atoms with E-state index in [0.29, 0.717) is 52.1 Å². The van der Waals surface area contributed by atoms with Gasteiger partial charge in [-0.1, -0.05) is 43.2 Å².